The molecule has 2 aromatic heterocycles. The Morgan fingerprint density at radius 1 is 1.09 bits per heavy atom. The fourth-order valence-electron chi connectivity index (χ4n) is 3.43. The monoisotopic (exact) mass is 563 g/mol. The Morgan fingerprint density at radius 2 is 1.77 bits per heavy atom. The summed E-state index contributed by atoms with van der Waals surface area (Å²) in [5, 5.41) is 21.2. The second kappa shape index (κ2) is 10.6. The third kappa shape index (κ3) is 6.90. The molecule has 1 fully saturated rings. The van der Waals surface area contributed by atoms with Crippen molar-refractivity contribution in [1.29, 1.82) is 0 Å². The van der Waals surface area contributed by atoms with E-state index in [9.17, 15) is 33.7 Å². The van der Waals surface area contributed by atoms with Crippen LogP contribution in [0, 0.1) is 0 Å². The second-order valence-corrected chi connectivity index (χ2v) is 11.8. The number of unbranched alkanes of at least 4 members (excludes halogenated alkanes) is 1. The summed E-state index contributed by atoms with van der Waals surface area (Å²) in [6.45, 7) is 1.77. The quantitative estimate of drug-likeness (QED) is 0.176. The van der Waals surface area contributed by atoms with Gasteiger partial charge in [-0.2, -0.15) is 8.62 Å². The number of aliphatic hydroxyl groups is 2. The van der Waals surface area contributed by atoms with Gasteiger partial charge in [-0.05, 0) is 6.42 Å². The van der Waals surface area contributed by atoms with Gasteiger partial charge in [-0.25, -0.2) is 28.6 Å². The van der Waals surface area contributed by atoms with E-state index in [1.165, 1.54) is 10.9 Å². The topological polar surface area (TPSA) is 279 Å². The fourth-order valence-corrected chi connectivity index (χ4v) is 6.66. The predicted molar refractivity (Wildman–Crippen MR) is 114 cm³/mol. The molecule has 8 N–H and O–H groups in total. The van der Waals surface area contributed by atoms with Crippen molar-refractivity contribution in [2.75, 3.05) is 5.73 Å². The number of hydrogen-bond donors (Lipinski definition) is 7. The first-order valence-corrected chi connectivity index (χ1v) is 14.4. The molecule has 1 aliphatic heterocycles. The van der Waals surface area contributed by atoms with E-state index in [4.69, 9.17) is 24.8 Å². The number of hydrogen-bond acceptors (Lipinski definition) is 13. The largest absolute Gasteiger partial charge is 0.490 e. The van der Waals surface area contributed by atoms with Crippen molar-refractivity contribution < 1.29 is 61.4 Å². The van der Waals surface area contributed by atoms with Gasteiger partial charge in [-0.15, -0.1) is 0 Å². The van der Waals surface area contributed by atoms with Crippen LogP contribution < -0.4 is 5.73 Å². The molecule has 198 valence electrons. The number of fused-ring (bicyclic) bond motifs is 1. The number of rotatable bonds is 11. The van der Waals surface area contributed by atoms with Crippen LogP contribution >= 0.6 is 23.5 Å². The molecule has 21 heteroatoms. The second-order valence-electron chi connectivity index (χ2n) is 7.43. The molecule has 7 atom stereocenters. The van der Waals surface area contributed by atoms with Crippen LogP contribution in [0.5, 0.6) is 0 Å². The Morgan fingerprint density at radius 3 is 2.40 bits per heavy atom. The molecule has 0 aliphatic carbocycles. The van der Waals surface area contributed by atoms with Crippen molar-refractivity contribution in [3.8, 4) is 0 Å². The van der Waals surface area contributed by atoms with Gasteiger partial charge >= 0.3 is 23.5 Å². The lowest BCUT2D eigenvalue weighted by Crippen LogP contribution is -2.39. The summed E-state index contributed by atoms with van der Waals surface area (Å²) in [6.07, 6.45) is -4.35. The summed E-state index contributed by atoms with van der Waals surface area (Å²) in [5.41, 5.74) is 6.10. The maximum absolute atomic E-state index is 12.4. The third-order valence-corrected chi connectivity index (χ3v) is 8.69. The van der Waals surface area contributed by atoms with Crippen LogP contribution in [0.25, 0.3) is 11.2 Å². The highest BCUT2D eigenvalue weighted by Gasteiger charge is 2.50. The molecule has 1 aliphatic rings. The smallest absolute Gasteiger partial charge is 0.387 e. The minimum absolute atomic E-state index is 0.0480. The van der Waals surface area contributed by atoms with Crippen LogP contribution in [0.3, 0.4) is 0 Å². The predicted octanol–water partition coefficient (Wildman–Crippen LogP) is -0.0702. The number of nitrogens with zero attached hydrogens (tertiary/aromatic N) is 4. The van der Waals surface area contributed by atoms with Gasteiger partial charge in [0.05, 0.1) is 12.4 Å². The van der Waals surface area contributed by atoms with Crippen LogP contribution in [0.15, 0.2) is 12.7 Å². The van der Waals surface area contributed by atoms with E-state index in [1.807, 2.05) is 0 Å². The average molecular weight is 563 g/mol. The van der Waals surface area contributed by atoms with Crippen molar-refractivity contribution in [2.24, 2.45) is 0 Å². The van der Waals surface area contributed by atoms with E-state index in [-0.39, 0.29) is 23.4 Å². The first kappa shape index (κ1) is 28.2. The van der Waals surface area contributed by atoms with Crippen LogP contribution in [0.4, 0.5) is 5.82 Å². The average Bonchev–Trinajstić information content (AvgIpc) is 3.25. The molecule has 3 heterocycles. The SMILES string of the molecule is CCCCC(OP(=O)(O)OP(=O)(O)OP(=O)(O)O)[C@H]1O[C@@H](n2cnc3c(N)ncnc32)[C@H](O)[C@@H]1O. The highest BCUT2D eigenvalue weighted by Crippen LogP contribution is 2.66. The Hall–Kier alpha value is -1.36. The molecule has 35 heavy (non-hydrogen) atoms. The van der Waals surface area contributed by atoms with Crippen molar-refractivity contribution in [3.63, 3.8) is 0 Å². The number of phosphoric ester groups is 1. The normalized spacial score (nSPS) is 27.5. The van der Waals surface area contributed by atoms with E-state index in [1.54, 1.807) is 6.92 Å². The van der Waals surface area contributed by atoms with Crippen LogP contribution in [0.2, 0.25) is 0 Å². The van der Waals surface area contributed by atoms with Crippen molar-refractivity contribution >= 4 is 40.4 Å². The molecular formula is C14H24N5O13P3. The first-order chi connectivity index (χ1) is 16.1. The highest BCUT2D eigenvalue weighted by molar-refractivity contribution is 7.66. The van der Waals surface area contributed by atoms with Gasteiger partial charge in [0, 0.05) is 0 Å². The number of imidazole rings is 1. The number of phosphoric acid groups is 3. The Labute approximate surface area is 197 Å². The van der Waals surface area contributed by atoms with E-state index in [0.717, 1.165) is 6.33 Å². The molecule has 0 radical (unpaired) electrons. The van der Waals surface area contributed by atoms with Gasteiger partial charge in [0.1, 0.15) is 30.2 Å². The van der Waals surface area contributed by atoms with E-state index in [0.29, 0.717) is 12.8 Å². The summed E-state index contributed by atoms with van der Waals surface area (Å²) in [6, 6.07) is 0. The molecular weight excluding hydrogens is 539 g/mol. The Balaban J connectivity index is 1.84. The Kier molecular flexibility index (Phi) is 8.51. The van der Waals surface area contributed by atoms with Crippen LogP contribution in [-0.2, 0) is 31.6 Å². The van der Waals surface area contributed by atoms with Gasteiger partial charge < -0.3 is 40.3 Å². The molecule has 18 nitrogen and oxygen atoms in total. The number of aromatic nitrogens is 4. The molecule has 0 bridgehead atoms. The summed E-state index contributed by atoms with van der Waals surface area (Å²) in [4.78, 5) is 48.5. The van der Waals surface area contributed by atoms with Crippen LogP contribution in [0.1, 0.15) is 32.4 Å². The minimum atomic E-state index is -5.75. The minimum Gasteiger partial charge on any atom is -0.387 e. The standard InChI is InChI=1S/C14H24N5O13P3/c1-2-3-4-7(30-34(25,26)32-35(27,28)31-33(22,23)24)11-9(20)10(21)14(29-11)19-6-18-8-12(15)16-5-17-13(8)19/h5-7,9-11,14,20-21H,2-4H2,1H3,(H,25,26)(H,27,28)(H2,15,16,17)(H2,22,23,24)/t7?,9-,10+,11+,14+/m0/s1. The third-order valence-electron chi connectivity index (χ3n) is 4.83. The summed E-state index contributed by atoms with van der Waals surface area (Å²) < 4.78 is 54.2. The lowest BCUT2D eigenvalue weighted by Gasteiger charge is -2.27. The van der Waals surface area contributed by atoms with Gasteiger partial charge in [0.2, 0.25) is 0 Å². The molecule has 1 saturated heterocycles. The van der Waals surface area contributed by atoms with E-state index >= 15 is 0 Å². The summed E-state index contributed by atoms with van der Waals surface area (Å²) >= 11 is 0. The molecule has 0 saturated carbocycles. The first-order valence-electron chi connectivity index (χ1n) is 9.91. The lowest BCUT2D eigenvalue weighted by molar-refractivity contribution is -0.0831. The summed E-state index contributed by atoms with van der Waals surface area (Å²) in [7, 11) is -16.9. The maximum atomic E-state index is 12.4. The number of nitrogens with two attached hydrogens (primary N) is 1. The molecule has 0 amide bonds. The highest BCUT2D eigenvalue weighted by atomic mass is 31.3. The van der Waals surface area contributed by atoms with Crippen molar-refractivity contribution in [3.05, 3.63) is 12.7 Å². The lowest BCUT2D eigenvalue weighted by atomic mass is 10.0. The fraction of sp³-hybridized carbons (Fsp3) is 0.643. The molecule has 3 rings (SSSR count). The van der Waals surface area contributed by atoms with Gasteiger partial charge in [0.15, 0.2) is 17.7 Å². The number of ether oxygens (including phenoxy) is 1. The number of nitrogen functional groups attached to an aromatic ring is 1. The van der Waals surface area contributed by atoms with Gasteiger partial charge in [-0.1, -0.05) is 19.8 Å². The molecule has 0 spiro atoms. The zero-order chi connectivity index (χ0) is 26.2. The zero-order valence-electron chi connectivity index (χ0n) is 17.9. The maximum Gasteiger partial charge on any atom is 0.490 e. The Bertz CT molecular complexity index is 1190. The molecule has 3 unspecified atom stereocenters. The van der Waals surface area contributed by atoms with E-state index in [2.05, 4.69) is 23.6 Å². The van der Waals surface area contributed by atoms with Gasteiger partial charge in [-0.3, -0.25) is 9.09 Å². The van der Waals surface area contributed by atoms with Gasteiger partial charge in [0.25, 0.3) is 0 Å². The molecule has 0 aromatic carbocycles. The van der Waals surface area contributed by atoms with Crippen LogP contribution in [-0.4, -0.2) is 73.7 Å². The van der Waals surface area contributed by atoms with Crippen molar-refractivity contribution in [2.45, 2.75) is 56.8 Å². The number of aliphatic hydroxyl groups excluding tert-OH is 2. The van der Waals surface area contributed by atoms with Crippen molar-refractivity contribution in [1.82, 2.24) is 19.5 Å². The number of anilines is 1. The van der Waals surface area contributed by atoms with E-state index < -0.39 is 54.1 Å². The summed E-state index contributed by atoms with van der Waals surface area (Å²) in [5.74, 6) is 0.0480. The zero-order valence-corrected chi connectivity index (χ0v) is 20.6. The molecule has 2 aromatic rings.